The van der Waals surface area contributed by atoms with E-state index in [0.29, 0.717) is 5.02 Å². The van der Waals surface area contributed by atoms with E-state index >= 15 is 0 Å². The number of carbonyl (C=O) groups is 1. The standard InChI is InChI=1S/C15H20ClNO2/c1-14(2,3)19-13(18)17-15(9-6-10-15)11-7-4-5-8-12(11)16/h4-5,7-8H,6,9-10H2,1-3H3,(H,17,18). The van der Waals surface area contributed by atoms with Crippen molar-refractivity contribution in [2.45, 2.75) is 51.2 Å². The average Bonchev–Trinajstić information content (AvgIpc) is 2.22. The molecule has 0 aromatic heterocycles. The molecular formula is C15H20ClNO2. The number of hydrogen-bond donors (Lipinski definition) is 1. The molecule has 3 nitrogen and oxygen atoms in total. The minimum atomic E-state index is -0.491. The van der Waals surface area contributed by atoms with Gasteiger partial charge in [-0.2, -0.15) is 0 Å². The van der Waals surface area contributed by atoms with Crippen LogP contribution < -0.4 is 5.32 Å². The quantitative estimate of drug-likeness (QED) is 0.880. The molecule has 4 heteroatoms. The summed E-state index contributed by atoms with van der Waals surface area (Å²) in [6.07, 6.45) is 2.50. The van der Waals surface area contributed by atoms with Crippen molar-refractivity contribution >= 4 is 17.7 Å². The smallest absolute Gasteiger partial charge is 0.408 e. The summed E-state index contributed by atoms with van der Waals surface area (Å²) in [6.45, 7) is 5.57. The summed E-state index contributed by atoms with van der Waals surface area (Å²) in [7, 11) is 0. The molecule has 19 heavy (non-hydrogen) atoms. The van der Waals surface area contributed by atoms with Gasteiger partial charge in [0.05, 0.1) is 5.54 Å². The van der Waals surface area contributed by atoms with Gasteiger partial charge in [0, 0.05) is 5.02 Å². The number of benzene rings is 1. The highest BCUT2D eigenvalue weighted by Crippen LogP contribution is 2.44. The van der Waals surface area contributed by atoms with Crippen LogP contribution >= 0.6 is 11.6 Å². The lowest BCUT2D eigenvalue weighted by atomic mass is 9.72. The highest BCUT2D eigenvalue weighted by atomic mass is 35.5. The lowest BCUT2D eigenvalue weighted by Gasteiger charge is -2.43. The second kappa shape index (κ2) is 5.04. The SMILES string of the molecule is CC(C)(C)OC(=O)NC1(c2ccccc2Cl)CCC1. The van der Waals surface area contributed by atoms with Crippen molar-refractivity contribution in [2.75, 3.05) is 0 Å². The molecule has 0 aliphatic heterocycles. The molecule has 1 fully saturated rings. The van der Waals surface area contributed by atoms with Crippen LogP contribution in [0.2, 0.25) is 5.02 Å². The summed E-state index contributed by atoms with van der Waals surface area (Å²) < 4.78 is 5.34. The van der Waals surface area contributed by atoms with Crippen molar-refractivity contribution in [3.05, 3.63) is 34.9 Å². The van der Waals surface area contributed by atoms with Crippen molar-refractivity contribution in [3.8, 4) is 0 Å². The Morgan fingerprint density at radius 2 is 1.95 bits per heavy atom. The number of ether oxygens (including phenoxy) is 1. The molecule has 0 radical (unpaired) electrons. The summed E-state index contributed by atoms with van der Waals surface area (Å²) in [4.78, 5) is 12.0. The summed E-state index contributed by atoms with van der Waals surface area (Å²) >= 11 is 6.25. The lowest BCUT2D eigenvalue weighted by Crippen LogP contribution is -2.52. The number of alkyl carbamates (subject to hydrolysis) is 1. The molecule has 0 spiro atoms. The van der Waals surface area contributed by atoms with E-state index in [4.69, 9.17) is 16.3 Å². The molecule has 0 bridgehead atoms. The third kappa shape index (κ3) is 3.21. The number of carbonyl (C=O) groups excluding carboxylic acids is 1. The van der Waals surface area contributed by atoms with Crippen LogP contribution in [-0.4, -0.2) is 11.7 Å². The third-order valence-corrected chi connectivity index (χ3v) is 3.67. The maximum Gasteiger partial charge on any atom is 0.408 e. The van der Waals surface area contributed by atoms with Gasteiger partial charge in [-0.05, 0) is 51.7 Å². The van der Waals surface area contributed by atoms with Crippen LogP contribution in [-0.2, 0) is 10.3 Å². The molecule has 1 aromatic rings. The molecule has 0 heterocycles. The van der Waals surface area contributed by atoms with E-state index < -0.39 is 5.60 Å². The Kier molecular flexibility index (Phi) is 3.77. The van der Waals surface area contributed by atoms with E-state index in [1.165, 1.54) is 0 Å². The lowest BCUT2D eigenvalue weighted by molar-refractivity contribution is 0.0377. The third-order valence-electron chi connectivity index (χ3n) is 3.34. The van der Waals surface area contributed by atoms with Crippen molar-refractivity contribution in [3.63, 3.8) is 0 Å². The fourth-order valence-corrected chi connectivity index (χ4v) is 2.66. The summed E-state index contributed by atoms with van der Waals surface area (Å²) in [5.41, 5.74) is 0.129. The molecule has 1 saturated carbocycles. The molecule has 0 unspecified atom stereocenters. The van der Waals surface area contributed by atoms with E-state index in [0.717, 1.165) is 24.8 Å². The van der Waals surface area contributed by atoms with Crippen molar-refractivity contribution in [1.29, 1.82) is 0 Å². The van der Waals surface area contributed by atoms with Crippen LogP contribution in [0.1, 0.15) is 45.6 Å². The second-order valence-electron chi connectivity index (χ2n) is 6.04. The Morgan fingerprint density at radius 1 is 1.32 bits per heavy atom. The van der Waals surface area contributed by atoms with E-state index in [2.05, 4.69) is 5.32 Å². The Hall–Kier alpha value is -1.22. The first-order valence-electron chi connectivity index (χ1n) is 6.59. The van der Waals surface area contributed by atoms with E-state index in [1.54, 1.807) is 0 Å². The number of hydrogen-bond acceptors (Lipinski definition) is 2. The first-order chi connectivity index (χ1) is 8.82. The first-order valence-corrected chi connectivity index (χ1v) is 6.96. The number of amides is 1. The van der Waals surface area contributed by atoms with Crippen LogP contribution in [0.15, 0.2) is 24.3 Å². The van der Waals surface area contributed by atoms with Crippen molar-refractivity contribution in [1.82, 2.24) is 5.32 Å². The topological polar surface area (TPSA) is 38.3 Å². The Morgan fingerprint density at radius 3 is 2.42 bits per heavy atom. The van der Waals surface area contributed by atoms with Gasteiger partial charge in [-0.25, -0.2) is 4.79 Å². The Bertz CT molecular complexity index is 475. The average molecular weight is 282 g/mol. The predicted molar refractivity (Wildman–Crippen MR) is 76.4 cm³/mol. The summed E-state index contributed by atoms with van der Waals surface area (Å²) in [5.74, 6) is 0. The van der Waals surface area contributed by atoms with Gasteiger partial charge in [-0.1, -0.05) is 29.8 Å². The van der Waals surface area contributed by atoms with Gasteiger partial charge in [-0.3, -0.25) is 0 Å². The van der Waals surface area contributed by atoms with Gasteiger partial charge in [0.15, 0.2) is 0 Å². The van der Waals surface area contributed by atoms with Gasteiger partial charge in [-0.15, -0.1) is 0 Å². The minimum absolute atomic E-state index is 0.360. The summed E-state index contributed by atoms with van der Waals surface area (Å²) in [5, 5.41) is 3.69. The molecule has 104 valence electrons. The van der Waals surface area contributed by atoms with Gasteiger partial charge in [0.25, 0.3) is 0 Å². The van der Waals surface area contributed by atoms with Crippen LogP contribution in [0.4, 0.5) is 4.79 Å². The Balaban J connectivity index is 2.16. The number of rotatable bonds is 2. The van der Waals surface area contributed by atoms with Crippen molar-refractivity contribution in [2.24, 2.45) is 0 Å². The molecule has 1 aliphatic carbocycles. The molecule has 1 aromatic carbocycles. The predicted octanol–water partition coefficient (Wildman–Crippen LogP) is 4.24. The fourth-order valence-electron chi connectivity index (χ4n) is 2.34. The van der Waals surface area contributed by atoms with Gasteiger partial charge < -0.3 is 10.1 Å². The van der Waals surface area contributed by atoms with E-state index in [-0.39, 0.29) is 11.6 Å². The number of nitrogens with one attached hydrogen (secondary N) is 1. The van der Waals surface area contributed by atoms with Crippen molar-refractivity contribution < 1.29 is 9.53 Å². The molecule has 0 saturated heterocycles. The van der Waals surface area contributed by atoms with Gasteiger partial charge in [0.1, 0.15) is 5.60 Å². The van der Waals surface area contributed by atoms with Crippen LogP contribution in [0, 0.1) is 0 Å². The maximum absolute atomic E-state index is 12.0. The molecule has 1 amide bonds. The van der Waals surface area contributed by atoms with E-state index in [1.807, 2.05) is 45.0 Å². The number of halogens is 1. The zero-order chi connectivity index (χ0) is 14.1. The zero-order valence-electron chi connectivity index (χ0n) is 11.6. The largest absolute Gasteiger partial charge is 0.444 e. The van der Waals surface area contributed by atoms with Crippen LogP contribution in [0.5, 0.6) is 0 Å². The van der Waals surface area contributed by atoms with Crippen LogP contribution in [0.25, 0.3) is 0 Å². The first kappa shape index (κ1) is 14.2. The maximum atomic E-state index is 12.0. The molecule has 1 N–H and O–H groups in total. The van der Waals surface area contributed by atoms with Crippen LogP contribution in [0.3, 0.4) is 0 Å². The van der Waals surface area contributed by atoms with Gasteiger partial charge in [0.2, 0.25) is 0 Å². The molecular weight excluding hydrogens is 262 g/mol. The molecule has 2 rings (SSSR count). The highest BCUT2D eigenvalue weighted by molar-refractivity contribution is 6.31. The zero-order valence-corrected chi connectivity index (χ0v) is 12.4. The minimum Gasteiger partial charge on any atom is -0.444 e. The molecule has 1 aliphatic rings. The highest BCUT2D eigenvalue weighted by Gasteiger charge is 2.42. The normalized spacial score (nSPS) is 17.5. The van der Waals surface area contributed by atoms with Gasteiger partial charge >= 0.3 is 6.09 Å². The Labute approximate surface area is 119 Å². The second-order valence-corrected chi connectivity index (χ2v) is 6.45. The molecule has 0 atom stereocenters. The van der Waals surface area contributed by atoms with E-state index in [9.17, 15) is 4.79 Å². The fraction of sp³-hybridized carbons (Fsp3) is 0.533. The monoisotopic (exact) mass is 281 g/mol. The summed E-state index contributed by atoms with van der Waals surface area (Å²) in [6, 6.07) is 7.66.